The molecule has 3 rings (SSSR count). The molecule has 0 unspecified atom stereocenters. The van der Waals surface area contributed by atoms with Gasteiger partial charge in [-0.1, -0.05) is 34.5 Å². The molecular weight excluding hydrogens is 383 g/mol. The van der Waals surface area contributed by atoms with Crippen molar-refractivity contribution >= 4 is 66.1 Å². The van der Waals surface area contributed by atoms with Crippen molar-refractivity contribution in [2.45, 2.75) is 11.1 Å². The summed E-state index contributed by atoms with van der Waals surface area (Å²) in [6.45, 7) is 1.90. The lowest BCUT2D eigenvalue weighted by atomic mass is 10.2. The molecule has 9 heteroatoms. The summed E-state index contributed by atoms with van der Waals surface area (Å²) < 4.78 is 31.9. The maximum Gasteiger partial charge on any atom is 0.294 e. The minimum Gasteiger partial charge on any atom is -0.319 e. The van der Waals surface area contributed by atoms with Gasteiger partial charge >= 0.3 is 0 Å². The van der Waals surface area contributed by atoms with Crippen molar-refractivity contribution in [2.75, 3.05) is 0 Å². The van der Waals surface area contributed by atoms with Crippen molar-refractivity contribution in [2.24, 2.45) is 11.4 Å². The van der Waals surface area contributed by atoms with Gasteiger partial charge in [0.05, 0.1) is 14.6 Å². The van der Waals surface area contributed by atoms with Crippen LogP contribution in [0.4, 0.5) is 0 Å². The molecule has 3 aromatic rings. The van der Waals surface area contributed by atoms with Crippen molar-refractivity contribution in [3.05, 3.63) is 44.0 Å². The average Bonchev–Trinajstić information content (AvgIpc) is 3.00. The number of sulfonamides is 1. The molecule has 0 saturated heterocycles. The van der Waals surface area contributed by atoms with Crippen LogP contribution in [0.15, 0.2) is 32.9 Å². The van der Waals surface area contributed by atoms with Crippen LogP contribution in [0, 0.1) is 6.92 Å². The molecular formula is C13H10Cl2N2O2S3. The van der Waals surface area contributed by atoms with Crippen LogP contribution in [-0.4, -0.2) is 13.0 Å². The number of halogens is 2. The number of thiophene rings is 1. The summed E-state index contributed by atoms with van der Waals surface area (Å²) in [6, 6.07) is 6.67. The van der Waals surface area contributed by atoms with E-state index in [4.69, 9.17) is 23.2 Å². The number of benzene rings is 1. The van der Waals surface area contributed by atoms with Gasteiger partial charge in [0.15, 0.2) is 0 Å². The summed E-state index contributed by atoms with van der Waals surface area (Å²) in [5, 5.41) is 0.639. The van der Waals surface area contributed by atoms with E-state index in [1.807, 2.05) is 13.0 Å². The fourth-order valence-corrected chi connectivity index (χ4v) is 5.99. The van der Waals surface area contributed by atoms with Crippen LogP contribution < -0.4 is 4.80 Å². The maximum atomic E-state index is 12.3. The molecule has 0 saturated carbocycles. The molecule has 0 bridgehead atoms. The highest BCUT2D eigenvalue weighted by molar-refractivity contribution is 7.92. The van der Waals surface area contributed by atoms with Gasteiger partial charge < -0.3 is 4.57 Å². The number of hydrogen-bond acceptors (Lipinski definition) is 4. The molecule has 0 amide bonds. The summed E-state index contributed by atoms with van der Waals surface area (Å²) in [5.41, 5.74) is 1.78. The van der Waals surface area contributed by atoms with Crippen molar-refractivity contribution < 1.29 is 8.42 Å². The highest BCUT2D eigenvalue weighted by Crippen LogP contribution is 2.28. The van der Waals surface area contributed by atoms with Crippen molar-refractivity contribution in [1.29, 1.82) is 0 Å². The number of hydrogen-bond donors (Lipinski definition) is 0. The molecule has 0 aliphatic rings. The highest BCUT2D eigenvalue weighted by atomic mass is 35.5. The lowest BCUT2D eigenvalue weighted by Gasteiger charge is -2.02. The van der Waals surface area contributed by atoms with Crippen molar-refractivity contribution in [1.82, 2.24) is 4.57 Å². The van der Waals surface area contributed by atoms with Crippen LogP contribution in [0.1, 0.15) is 5.56 Å². The fourth-order valence-electron chi connectivity index (χ4n) is 2.08. The zero-order chi connectivity index (χ0) is 16.1. The van der Waals surface area contributed by atoms with Crippen molar-refractivity contribution in [3.63, 3.8) is 0 Å². The minimum atomic E-state index is -3.77. The molecule has 0 atom stereocenters. The van der Waals surface area contributed by atoms with Crippen LogP contribution >= 0.6 is 45.9 Å². The molecule has 0 radical (unpaired) electrons. The number of fused-ring (bicyclic) bond motifs is 1. The number of thiazole rings is 1. The number of nitrogens with zero attached hydrogens (tertiary/aromatic N) is 2. The smallest absolute Gasteiger partial charge is 0.294 e. The Labute approximate surface area is 145 Å². The zero-order valence-corrected chi connectivity index (χ0v) is 15.5. The maximum absolute atomic E-state index is 12.3. The van der Waals surface area contributed by atoms with Crippen LogP contribution in [0.3, 0.4) is 0 Å². The minimum absolute atomic E-state index is 0.129. The first-order valence-electron chi connectivity index (χ1n) is 6.10. The first kappa shape index (κ1) is 16.0. The second-order valence-electron chi connectivity index (χ2n) is 4.59. The Kier molecular flexibility index (Phi) is 4.11. The molecule has 0 spiro atoms. The molecule has 2 heterocycles. The lowest BCUT2D eigenvalue weighted by Crippen LogP contribution is -2.13. The molecule has 4 nitrogen and oxygen atoms in total. The van der Waals surface area contributed by atoms with E-state index in [1.165, 1.54) is 17.4 Å². The topological polar surface area (TPSA) is 51.4 Å². The van der Waals surface area contributed by atoms with Gasteiger partial charge in [-0.05, 0) is 36.8 Å². The second kappa shape index (κ2) is 5.65. The predicted molar refractivity (Wildman–Crippen MR) is 92.6 cm³/mol. The molecule has 0 aliphatic heterocycles. The molecule has 116 valence electrons. The predicted octanol–water partition coefficient (Wildman–Crippen LogP) is 4.21. The standard InChI is InChI=1S/C13H10Cl2N2O2S3/c1-7-8(14)3-4-9-12(7)17(2)13(20-9)16-22(18,19)11-6-5-10(15)21-11/h3-6H,1-2H3. The number of aromatic nitrogens is 1. The van der Waals surface area contributed by atoms with Gasteiger partial charge in [-0.2, -0.15) is 8.42 Å². The Bertz CT molecular complexity index is 1050. The van der Waals surface area contributed by atoms with E-state index in [0.29, 0.717) is 14.2 Å². The first-order chi connectivity index (χ1) is 10.3. The van der Waals surface area contributed by atoms with Gasteiger partial charge in [0.1, 0.15) is 4.21 Å². The van der Waals surface area contributed by atoms with Crippen LogP contribution in [-0.2, 0) is 17.1 Å². The largest absolute Gasteiger partial charge is 0.319 e. The third-order valence-electron chi connectivity index (χ3n) is 3.15. The monoisotopic (exact) mass is 392 g/mol. The zero-order valence-electron chi connectivity index (χ0n) is 11.5. The molecule has 2 aromatic heterocycles. The Morgan fingerprint density at radius 2 is 1.86 bits per heavy atom. The van der Waals surface area contributed by atoms with E-state index in [9.17, 15) is 8.42 Å². The van der Waals surface area contributed by atoms with Gasteiger partial charge in [-0.15, -0.1) is 15.7 Å². The summed E-state index contributed by atoms with van der Waals surface area (Å²) in [7, 11) is -1.99. The third kappa shape index (κ3) is 2.72. The molecule has 0 aliphatic carbocycles. The van der Waals surface area contributed by atoms with E-state index in [1.54, 1.807) is 23.7 Å². The van der Waals surface area contributed by atoms with Gasteiger partial charge in [-0.25, -0.2) is 0 Å². The van der Waals surface area contributed by atoms with Crippen LogP contribution in [0.2, 0.25) is 9.36 Å². The van der Waals surface area contributed by atoms with Gasteiger partial charge in [0, 0.05) is 12.1 Å². The Morgan fingerprint density at radius 3 is 2.50 bits per heavy atom. The number of rotatable bonds is 2. The average molecular weight is 393 g/mol. The fraction of sp³-hybridized carbons (Fsp3) is 0.154. The lowest BCUT2D eigenvalue weighted by molar-refractivity contribution is 0.598. The summed E-state index contributed by atoms with van der Waals surface area (Å²) in [6.07, 6.45) is 0. The van der Waals surface area contributed by atoms with Gasteiger partial charge in [0.2, 0.25) is 4.80 Å². The Balaban J connectivity index is 2.27. The summed E-state index contributed by atoms with van der Waals surface area (Å²) in [4.78, 5) is 0.393. The van der Waals surface area contributed by atoms with E-state index in [-0.39, 0.29) is 4.21 Å². The van der Waals surface area contributed by atoms with Crippen LogP contribution in [0.25, 0.3) is 10.2 Å². The highest BCUT2D eigenvalue weighted by Gasteiger charge is 2.17. The molecule has 22 heavy (non-hydrogen) atoms. The van der Waals surface area contributed by atoms with Crippen LogP contribution in [0.5, 0.6) is 0 Å². The summed E-state index contributed by atoms with van der Waals surface area (Å²) in [5.74, 6) is 0. The molecule has 0 N–H and O–H groups in total. The van der Waals surface area contributed by atoms with Crippen molar-refractivity contribution in [3.8, 4) is 0 Å². The molecule has 0 fully saturated rings. The second-order valence-corrected chi connectivity index (χ2v) is 9.55. The SMILES string of the molecule is Cc1c(Cl)ccc2sc(=NS(=O)(=O)c3ccc(Cl)s3)n(C)c12. The Morgan fingerprint density at radius 1 is 1.14 bits per heavy atom. The number of aryl methyl sites for hydroxylation is 2. The van der Waals surface area contributed by atoms with E-state index in [2.05, 4.69) is 4.40 Å². The van der Waals surface area contributed by atoms with E-state index < -0.39 is 10.0 Å². The molecule has 1 aromatic carbocycles. The van der Waals surface area contributed by atoms with E-state index >= 15 is 0 Å². The quantitative estimate of drug-likeness (QED) is 0.655. The summed E-state index contributed by atoms with van der Waals surface area (Å²) >= 11 is 14.2. The van der Waals surface area contributed by atoms with Gasteiger partial charge in [0.25, 0.3) is 10.0 Å². The first-order valence-corrected chi connectivity index (χ1v) is 9.93. The van der Waals surface area contributed by atoms with E-state index in [0.717, 1.165) is 27.1 Å². The third-order valence-corrected chi connectivity index (χ3v) is 7.74. The van der Waals surface area contributed by atoms with Gasteiger partial charge in [-0.3, -0.25) is 0 Å². The Hall–Kier alpha value is -0.860. The normalized spacial score (nSPS) is 13.2.